The summed E-state index contributed by atoms with van der Waals surface area (Å²) >= 11 is 6.06. The van der Waals surface area contributed by atoms with Gasteiger partial charge in [-0.15, -0.1) is 0 Å². The third kappa shape index (κ3) is 3.88. The standard InChI is InChI=1S/C19H16ClFN2O4/c1-10-12-6-5-7-13(20)17(12)27-16(10)19(25)23-22-18(24)11(2)26-15-9-4-3-8-14(15)21/h3-9,11H,1-2H3,(H,22,24)(H,23,25). The fourth-order valence-corrected chi connectivity index (χ4v) is 2.70. The molecule has 1 heterocycles. The van der Waals surface area contributed by atoms with Crippen molar-refractivity contribution in [2.45, 2.75) is 20.0 Å². The van der Waals surface area contributed by atoms with Crippen LogP contribution in [0.1, 0.15) is 23.0 Å². The Morgan fingerprint density at radius 1 is 1.15 bits per heavy atom. The van der Waals surface area contributed by atoms with Crippen LogP contribution < -0.4 is 15.6 Å². The van der Waals surface area contributed by atoms with Gasteiger partial charge in [-0.25, -0.2) is 4.39 Å². The number of furan rings is 1. The zero-order chi connectivity index (χ0) is 19.6. The van der Waals surface area contributed by atoms with E-state index in [1.54, 1.807) is 31.2 Å². The average Bonchev–Trinajstić information content (AvgIpc) is 2.99. The number of nitrogens with one attached hydrogen (secondary N) is 2. The molecule has 0 aliphatic rings. The highest BCUT2D eigenvalue weighted by molar-refractivity contribution is 6.35. The molecule has 0 saturated carbocycles. The van der Waals surface area contributed by atoms with E-state index in [1.807, 2.05) is 0 Å². The van der Waals surface area contributed by atoms with Gasteiger partial charge in [-0.05, 0) is 32.0 Å². The third-order valence-electron chi connectivity index (χ3n) is 3.93. The molecule has 1 atom stereocenters. The minimum Gasteiger partial charge on any atom is -0.478 e. The molecular weight excluding hydrogens is 375 g/mol. The predicted molar refractivity (Wildman–Crippen MR) is 98.1 cm³/mol. The van der Waals surface area contributed by atoms with Crippen molar-refractivity contribution in [2.24, 2.45) is 0 Å². The summed E-state index contributed by atoms with van der Waals surface area (Å²) in [7, 11) is 0. The second-order valence-electron chi connectivity index (χ2n) is 5.81. The maximum absolute atomic E-state index is 13.6. The molecule has 2 N–H and O–H groups in total. The first-order valence-corrected chi connectivity index (χ1v) is 8.45. The number of carbonyl (C=O) groups excluding carboxylic acids is 2. The van der Waals surface area contributed by atoms with Crippen LogP contribution in [0, 0.1) is 12.7 Å². The van der Waals surface area contributed by atoms with E-state index in [-0.39, 0.29) is 11.5 Å². The largest absolute Gasteiger partial charge is 0.478 e. The van der Waals surface area contributed by atoms with Crippen LogP contribution in [0.5, 0.6) is 5.75 Å². The van der Waals surface area contributed by atoms with Crippen molar-refractivity contribution in [2.75, 3.05) is 0 Å². The van der Waals surface area contributed by atoms with Gasteiger partial charge in [0.05, 0.1) is 5.02 Å². The third-order valence-corrected chi connectivity index (χ3v) is 4.23. The number of aryl methyl sites for hydroxylation is 1. The summed E-state index contributed by atoms with van der Waals surface area (Å²) in [6.45, 7) is 3.14. The molecule has 3 rings (SSSR count). The maximum Gasteiger partial charge on any atom is 0.305 e. The molecule has 0 aliphatic carbocycles. The van der Waals surface area contributed by atoms with E-state index in [4.69, 9.17) is 20.8 Å². The fraction of sp³-hybridized carbons (Fsp3) is 0.158. The maximum atomic E-state index is 13.6. The highest BCUT2D eigenvalue weighted by Crippen LogP contribution is 2.30. The lowest BCUT2D eigenvalue weighted by Gasteiger charge is -2.15. The molecule has 8 heteroatoms. The zero-order valence-corrected chi connectivity index (χ0v) is 15.3. The Morgan fingerprint density at radius 2 is 1.89 bits per heavy atom. The first kappa shape index (κ1) is 18.7. The molecule has 0 saturated heterocycles. The number of hydrogen-bond donors (Lipinski definition) is 2. The lowest BCUT2D eigenvalue weighted by Crippen LogP contribution is -2.47. The van der Waals surface area contributed by atoms with Gasteiger partial charge in [-0.3, -0.25) is 20.4 Å². The van der Waals surface area contributed by atoms with Gasteiger partial charge in [0, 0.05) is 10.9 Å². The van der Waals surface area contributed by atoms with Crippen molar-refractivity contribution in [3.63, 3.8) is 0 Å². The molecule has 3 aromatic rings. The summed E-state index contributed by atoms with van der Waals surface area (Å²) in [5, 5.41) is 1.08. The van der Waals surface area contributed by atoms with Gasteiger partial charge >= 0.3 is 5.91 Å². The monoisotopic (exact) mass is 390 g/mol. The summed E-state index contributed by atoms with van der Waals surface area (Å²) in [5.41, 5.74) is 5.47. The lowest BCUT2D eigenvalue weighted by atomic mass is 10.1. The number of rotatable bonds is 4. The van der Waals surface area contributed by atoms with Gasteiger partial charge in [0.2, 0.25) is 0 Å². The van der Waals surface area contributed by atoms with Crippen LogP contribution in [-0.2, 0) is 4.79 Å². The van der Waals surface area contributed by atoms with E-state index < -0.39 is 23.7 Å². The van der Waals surface area contributed by atoms with Crippen LogP contribution in [0.2, 0.25) is 5.02 Å². The van der Waals surface area contributed by atoms with Crippen LogP contribution in [0.4, 0.5) is 4.39 Å². The fourth-order valence-electron chi connectivity index (χ4n) is 2.49. The Bertz CT molecular complexity index is 1020. The lowest BCUT2D eigenvalue weighted by molar-refractivity contribution is -0.128. The molecule has 6 nitrogen and oxygen atoms in total. The van der Waals surface area contributed by atoms with Crippen molar-refractivity contribution >= 4 is 34.4 Å². The number of para-hydroxylation sites is 2. The number of benzene rings is 2. The number of amides is 2. The van der Waals surface area contributed by atoms with Crippen molar-refractivity contribution in [3.8, 4) is 5.75 Å². The second-order valence-corrected chi connectivity index (χ2v) is 6.21. The van der Waals surface area contributed by atoms with Gasteiger partial charge in [0.25, 0.3) is 5.91 Å². The van der Waals surface area contributed by atoms with Crippen molar-refractivity contribution in [1.29, 1.82) is 0 Å². The van der Waals surface area contributed by atoms with E-state index in [9.17, 15) is 14.0 Å². The number of fused-ring (bicyclic) bond motifs is 1. The first-order chi connectivity index (χ1) is 12.9. The normalized spacial score (nSPS) is 11.9. The molecule has 1 unspecified atom stereocenters. The van der Waals surface area contributed by atoms with Crippen LogP contribution in [-0.4, -0.2) is 17.9 Å². The molecule has 0 fully saturated rings. The number of halogens is 2. The van der Waals surface area contributed by atoms with Crippen LogP contribution in [0.15, 0.2) is 46.9 Å². The Balaban J connectivity index is 1.65. The van der Waals surface area contributed by atoms with Gasteiger partial charge < -0.3 is 9.15 Å². The molecule has 27 heavy (non-hydrogen) atoms. The van der Waals surface area contributed by atoms with Gasteiger partial charge in [-0.1, -0.05) is 35.9 Å². The summed E-state index contributed by atoms with van der Waals surface area (Å²) in [5.74, 6) is -1.92. The summed E-state index contributed by atoms with van der Waals surface area (Å²) in [6, 6.07) is 10.9. The molecule has 1 aromatic heterocycles. The predicted octanol–water partition coefficient (Wildman–Crippen LogP) is 3.76. The molecule has 0 radical (unpaired) electrons. The summed E-state index contributed by atoms with van der Waals surface area (Å²) in [4.78, 5) is 24.4. The molecule has 0 bridgehead atoms. The second kappa shape index (κ2) is 7.67. The van der Waals surface area contributed by atoms with Gasteiger partial charge in [0.1, 0.15) is 0 Å². The van der Waals surface area contributed by atoms with Crippen molar-refractivity contribution < 1.29 is 23.1 Å². The zero-order valence-electron chi connectivity index (χ0n) is 14.5. The smallest absolute Gasteiger partial charge is 0.305 e. The van der Waals surface area contributed by atoms with Crippen LogP contribution in [0.25, 0.3) is 11.0 Å². The van der Waals surface area contributed by atoms with E-state index in [0.717, 1.165) is 0 Å². The van der Waals surface area contributed by atoms with Gasteiger partial charge in [0.15, 0.2) is 29.0 Å². The van der Waals surface area contributed by atoms with Crippen LogP contribution >= 0.6 is 11.6 Å². The SMILES string of the molecule is Cc1c(C(=O)NNC(=O)C(C)Oc2ccccc2F)oc2c(Cl)cccc12. The number of ether oxygens (including phenoxy) is 1. The van der Waals surface area contributed by atoms with E-state index in [0.29, 0.717) is 21.6 Å². The minimum atomic E-state index is -1.03. The van der Waals surface area contributed by atoms with E-state index in [2.05, 4.69) is 10.9 Å². The molecule has 0 aliphatic heterocycles. The molecular formula is C19H16ClFN2O4. The van der Waals surface area contributed by atoms with E-state index in [1.165, 1.54) is 25.1 Å². The highest BCUT2D eigenvalue weighted by Gasteiger charge is 2.21. The summed E-state index contributed by atoms with van der Waals surface area (Å²) in [6.07, 6.45) is -1.03. The molecule has 0 spiro atoms. The van der Waals surface area contributed by atoms with Gasteiger partial charge in [-0.2, -0.15) is 0 Å². The highest BCUT2D eigenvalue weighted by atomic mass is 35.5. The topological polar surface area (TPSA) is 80.6 Å². The molecule has 2 amide bonds. The van der Waals surface area contributed by atoms with Crippen molar-refractivity contribution in [3.05, 3.63) is 64.6 Å². The molecule has 140 valence electrons. The quantitative estimate of drug-likeness (QED) is 0.665. The van der Waals surface area contributed by atoms with E-state index >= 15 is 0 Å². The van der Waals surface area contributed by atoms with Crippen LogP contribution in [0.3, 0.4) is 0 Å². The minimum absolute atomic E-state index is 0.0288. The Labute approximate surface area is 159 Å². The Hall–Kier alpha value is -3.06. The number of carbonyl (C=O) groups is 2. The first-order valence-electron chi connectivity index (χ1n) is 8.07. The Morgan fingerprint density at radius 3 is 2.59 bits per heavy atom. The Kier molecular flexibility index (Phi) is 5.32. The summed E-state index contributed by atoms with van der Waals surface area (Å²) < 4.78 is 24.4. The van der Waals surface area contributed by atoms with Crippen molar-refractivity contribution in [1.82, 2.24) is 10.9 Å². The number of hydrazine groups is 1. The average molecular weight is 391 g/mol. The number of hydrogen-bond acceptors (Lipinski definition) is 4. The molecule has 2 aromatic carbocycles.